The van der Waals surface area contributed by atoms with Crippen LogP contribution < -0.4 is 5.73 Å². The second kappa shape index (κ2) is 5.78. The van der Waals surface area contributed by atoms with E-state index in [9.17, 15) is 4.79 Å². The van der Waals surface area contributed by atoms with E-state index in [1.54, 1.807) is 0 Å². The zero-order valence-electron chi connectivity index (χ0n) is 12.8. The average molecular weight is 287 g/mol. The first-order valence-electron chi connectivity index (χ1n) is 7.97. The van der Waals surface area contributed by atoms with Gasteiger partial charge in [-0.2, -0.15) is 0 Å². The Labute approximate surface area is 126 Å². The van der Waals surface area contributed by atoms with Gasteiger partial charge in [0.2, 0.25) is 5.91 Å². The first-order valence-corrected chi connectivity index (χ1v) is 7.97. The molecule has 0 saturated carbocycles. The predicted molar refractivity (Wildman–Crippen MR) is 83.7 cm³/mol. The third kappa shape index (κ3) is 2.70. The summed E-state index contributed by atoms with van der Waals surface area (Å²) in [6, 6.07) is 10.6. The first-order chi connectivity index (χ1) is 10.1. The maximum absolute atomic E-state index is 11.5. The molecule has 0 radical (unpaired) electrons. The van der Waals surface area contributed by atoms with Gasteiger partial charge in [-0.1, -0.05) is 37.3 Å². The molecule has 2 heterocycles. The molecule has 4 heteroatoms. The number of nitrogens with two attached hydrogens (primary N) is 1. The lowest BCUT2D eigenvalue weighted by molar-refractivity contribution is -0.130. The van der Waals surface area contributed by atoms with Crippen molar-refractivity contribution in [2.24, 2.45) is 5.73 Å². The number of carbonyl (C=O) groups excluding carboxylic acids is 1. The highest BCUT2D eigenvalue weighted by Crippen LogP contribution is 2.39. The van der Waals surface area contributed by atoms with Crippen molar-refractivity contribution in [1.29, 1.82) is 0 Å². The van der Waals surface area contributed by atoms with Gasteiger partial charge in [0, 0.05) is 25.2 Å². The van der Waals surface area contributed by atoms with Gasteiger partial charge in [0.1, 0.15) is 0 Å². The Morgan fingerprint density at radius 2 is 2.05 bits per heavy atom. The van der Waals surface area contributed by atoms with Crippen molar-refractivity contribution < 1.29 is 4.79 Å². The fourth-order valence-electron chi connectivity index (χ4n) is 3.97. The Morgan fingerprint density at radius 1 is 1.33 bits per heavy atom. The third-order valence-corrected chi connectivity index (χ3v) is 5.11. The molecule has 2 aliphatic rings. The third-order valence-electron chi connectivity index (χ3n) is 5.11. The van der Waals surface area contributed by atoms with Crippen molar-refractivity contribution >= 4 is 5.91 Å². The Morgan fingerprint density at radius 3 is 2.67 bits per heavy atom. The summed E-state index contributed by atoms with van der Waals surface area (Å²) in [4.78, 5) is 16.4. The zero-order chi connectivity index (χ0) is 14.9. The van der Waals surface area contributed by atoms with E-state index >= 15 is 0 Å². The minimum absolute atomic E-state index is 0.0881. The van der Waals surface area contributed by atoms with Crippen molar-refractivity contribution in [2.75, 3.05) is 19.6 Å². The maximum Gasteiger partial charge on any atom is 0.234 e. The molecule has 3 rings (SSSR count). The molecule has 1 aromatic rings. The van der Waals surface area contributed by atoms with E-state index < -0.39 is 0 Å². The fourth-order valence-corrected chi connectivity index (χ4v) is 3.97. The van der Waals surface area contributed by atoms with Crippen molar-refractivity contribution in [3.8, 4) is 0 Å². The normalized spacial score (nSPS) is 23.1. The molecule has 21 heavy (non-hydrogen) atoms. The Bertz CT molecular complexity index is 496. The van der Waals surface area contributed by atoms with Crippen LogP contribution in [-0.2, 0) is 11.3 Å². The number of amides is 1. The molecule has 1 spiro atoms. The smallest absolute Gasteiger partial charge is 0.234 e. The number of likely N-dealkylation sites (tertiary alicyclic amines) is 2. The van der Waals surface area contributed by atoms with Gasteiger partial charge in [-0.3, -0.25) is 14.6 Å². The second-order valence-corrected chi connectivity index (χ2v) is 6.47. The number of rotatable bonds is 5. The quantitative estimate of drug-likeness (QED) is 0.895. The molecular weight excluding hydrogens is 262 g/mol. The lowest BCUT2D eigenvalue weighted by atomic mass is 9.84. The largest absolute Gasteiger partial charge is 0.368 e. The topological polar surface area (TPSA) is 49.6 Å². The van der Waals surface area contributed by atoms with Crippen molar-refractivity contribution in [3.63, 3.8) is 0 Å². The number of hydrogen-bond acceptors (Lipinski definition) is 3. The van der Waals surface area contributed by atoms with Crippen LogP contribution in [-0.4, -0.2) is 46.9 Å². The molecular formula is C17H25N3O. The molecule has 1 aromatic carbocycles. The molecule has 0 aromatic heterocycles. The molecule has 4 nitrogen and oxygen atoms in total. The molecule has 2 N–H and O–H groups in total. The lowest BCUT2D eigenvalue weighted by Crippen LogP contribution is -2.70. The number of carbonyl (C=O) groups is 1. The highest BCUT2D eigenvalue weighted by Gasteiger charge is 2.51. The standard InChI is InChI=1S/C17H25N3O/c1-2-15(16(18)21)19-12-17(13-19)9-6-10-20(17)11-14-7-4-3-5-8-14/h3-5,7-8,15H,2,6,9-13H2,1H3,(H2,18,21)/t15-/m0/s1. The van der Waals surface area contributed by atoms with E-state index in [0.29, 0.717) is 0 Å². The summed E-state index contributed by atoms with van der Waals surface area (Å²) in [7, 11) is 0. The Hall–Kier alpha value is -1.39. The lowest BCUT2D eigenvalue weighted by Gasteiger charge is -2.55. The molecule has 2 fully saturated rings. The summed E-state index contributed by atoms with van der Waals surface area (Å²) in [5, 5.41) is 0. The molecule has 0 aliphatic carbocycles. The van der Waals surface area contributed by atoms with Gasteiger partial charge in [0.05, 0.1) is 6.04 Å². The molecule has 2 aliphatic heterocycles. The van der Waals surface area contributed by atoms with Crippen LogP contribution in [0.5, 0.6) is 0 Å². The summed E-state index contributed by atoms with van der Waals surface area (Å²) in [5.74, 6) is -0.181. The van der Waals surface area contributed by atoms with E-state index in [2.05, 4.69) is 40.1 Å². The van der Waals surface area contributed by atoms with Crippen LogP contribution >= 0.6 is 0 Å². The number of benzene rings is 1. The van der Waals surface area contributed by atoms with Gasteiger partial charge in [-0.25, -0.2) is 0 Å². The first kappa shape index (κ1) is 14.5. The summed E-state index contributed by atoms with van der Waals surface area (Å²) >= 11 is 0. The van der Waals surface area contributed by atoms with E-state index in [1.165, 1.54) is 18.4 Å². The van der Waals surface area contributed by atoms with Crippen molar-refractivity contribution in [3.05, 3.63) is 35.9 Å². The van der Waals surface area contributed by atoms with Gasteiger partial charge < -0.3 is 5.73 Å². The summed E-state index contributed by atoms with van der Waals surface area (Å²) in [6.07, 6.45) is 3.31. The average Bonchev–Trinajstić information content (AvgIpc) is 2.83. The van der Waals surface area contributed by atoms with Crippen LogP contribution in [0.1, 0.15) is 31.7 Å². The van der Waals surface area contributed by atoms with Crippen LogP contribution in [0, 0.1) is 0 Å². The SMILES string of the molecule is CC[C@@H](C(N)=O)N1CC2(CCCN2Cc2ccccc2)C1. The molecule has 1 atom stereocenters. The van der Waals surface area contributed by atoms with Crippen LogP contribution in [0.4, 0.5) is 0 Å². The molecule has 1 amide bonds. The zero-order valence-corrected chi connectivity index (χ0v) is 12.8. The van der Waals surface area contributed by atoms with Gasteiger partial charge in [0.25, 0.3) is 0 Å². The summed E-state index contributed by atoms with van der Waals surface area (Å²) in [5.41, 5.74) is 7.16. The van der Waals surface area contributed by atoms with Crippen LogP contribution in [0.2, 0.25) is 0 Å². The minimum Gasteiger partial charge on any atom is -0.368 e. The van der Waals surface area contributed by atoms with E-state index in [4.69, 9.17) is 5.73 Å². The van der Waals surface area contributed by atoms with Crippen molar-refractivity contribution in [1.82, 2.24) is 9.80 Å². The number of hydrogen-bond donors (Lipinski definition) is 1. The van der Waals surface area contributed by atoms with Crippen LogP contribution in [0.15, 0.2) is 30.3 Å². The second-order valence-electron chi connectivity index (χ2n) is 6.47. The van der Waals surface area contributed by atoms with E-state index in [0.717, 1.165) is 32.6 Å². The highest BCUT2D eigenvalue weighted by molar-refractivity contribution is 5.80. The van der Waals surface area contributed by atoms with Crippen LogP contribution in [0.25, 0.3) is 0 Å². The monoisotopic (exact) mass is 287 g/mol. The number of nitrogens with zero attached hydrogens (tertiary/aromatic N) is 2. The van der Waals surface area contributed by atoms with Gasteiger partial charge in [-0.15, -0.1) is 0 Å². The summed E-state index contributed by atoms with van der Waals surface area (Å²) < 4.78 is 0. The Kier molecular flexibility index (Phi) is 4.00. The number of primary amides is 1. The Balaban J connectivity index is 1.65. The van der Waals surface area contributed by atoms with Gasteiger partial charge in [-0.05, 0) is 31.4 Å². The van der Waals surface area contributed by atoms with E-state index in [1.807, 2.05) is 6.92 Å². The fraction of sp³-hybridized carbons (Fsp3) is 0.588. The van der Waals surface area contributed by atoms with Crippen LogP contribution in [0.3, 0.4) is 0 Å². The van der Waals surface area contributed by atoms with Gasteiger partial charge in [0.15, 0.2) is 0 Å². The molecule has 2 saturated heterocycles. The maximum atomic E-state index is 11.5. The minimum atomic E-state index is -0.181. The predicted octanol–water partition coefficient (Wildman–Crippen LogP) is 1.60. The molecule has 0 bridgehead atoms. The van der Waals surface area contributed by atoms with Gasteiger partial charge >= 0.3 is 0 Å². The highest BCUT2D eigenvalue weighted by atomic mass is 16.1. The van der Waals surface area contributed by atoms with E-state index in [-0.39, 0.29) is 17.5 Å². The molecule has 0 unspecified atom stereocenters. The van der Waals surface area contributed by atoms with Crippen molar-refractivity contribution in [2.45, 2.75) is 44.3 Å². The summed E-state index contributed by atoms with van der Waals surface area (Å²) in [6.45, 7) is 6.19. The molecule has 114 valence electrons.